The Morgan fingerprint density at radius 3 is 2.73 bits per heavy atom. The van der Waals surface area contributed by atoms with Crippen molar-refractivity contribution in [1.82, 2.24) is 0 Å². The van der Waals surface area contributed by atoms with E-state index in [0.717, 1.165) is 6.07 Å². The lowest BCUT2D eigenvalue weighted by Gasteiger charge is -2.25. The predicted molar refractivity (Wildman–Crippen MR) is 88.8 cm³/mol. The van der Waals surface area contributed by atoms with Gasteiger partial charge in [-0.3, -0.25) is 9.59 Å². The minimum Gasteiger partial charge on any atom is -0.488 e. The molecular weight excluding hydrogens is 395 g/mol. The van der Waals surface area contributed by atoms with Gasteiger partial charge in [0, 0.05) is 11.6 Å². The lowest BCUT2D eigenvalue weighted by molar-refractivity contribution is -0.242. The standard InChI is InChI=1S/C16H11ClF3NO4S/c1-15(24,16(18,19)20)14(23)21-10-5-11-8(4-9(10)17)12(22)13-7(6-25-11)2-3-26-13/h2-5,24H,6H2,1H3,(H,21,23). The number of carbonyl (C=O) groups is 2. The summed E-state index contributed by atoms with van der Waals surface area (Å²) in [5.74, 6) is -1.96. The first kappa shape index (κ1) is 18.7. The van der Waals surface area contributed by atoms with Crippen LogP contribution in [-0.4, -0.2) is 28.6 Å². The summed E-state index contributed by atoms with van der Waals surface area (Å²) < 4.78 is 43.8. The first-order valence-electron chi connectivity index (χ1n) is 7.20. The van der Waals surface area contributed by atoms with Crippen LogP contribution in [0, 0.1) is 0 Å². The molecule has 1 atom stereocenters. The number of rotatable bonds is 2. The minimum atomic E-state index is -5.17. The summed E-state index contributed by atoms with van der Waals surface area (Å²) in [6, 6.07) is 4.11. The molecule has 26 heavy (non-hydrogen) atoms. The van der Waals surface area contributed by atoms with Gasteiger partial charge in [-0.1, -0.05) is 11.6 Å². The third-order valence-electron chi connectivity index (χ3n) is 3.89. The van der Waals surface area contributed by atoms with E-state index in [1.165, 1.54) is 17.4 Å². The highest BCUT2D eigenvalue weighted by atomic mass is 35.5. The second kappa shape index (κ2) is 6.26. The van der Waals surface area contributed by atoms with Gasteiger partial charge >= 0.3 is 6.18 Å². The van der Waals surface area contributed by atoms with Gasteiger partial charge in [0.2, 0.25) is 11.4 Å². The highest BCUT2D eigenvalue weighted by Gasteiger charge is 2.55. The normalized spacial score (nSPS) is 16.0. The molecule has 0 fully saturated rings. The first-order valence-corrected chi connectivity index (χ1v) is 8.46. The summed E-state index contributed by atoms with van der Waals surface area (Å²) in [6.45, 7) is 0.421. The molecule has 2 N–H and O–H groups in total. The van der Waals surface area contributed by atoms with Crippen molar-refractivity contribution in [3.63, 3.8) is 0 Å². The van der Waals surface area contributed by atoms with Gasteiger partial charge in [0.25, 0.3) is 5.91 Å². The van der Waals surface area contributed by atoms with Crippen molar-refractivity contribution in [2.24, 2.45) is 0 Å². The van der Waals surface area contributed by atoms with Gasteiger partial charge in [-0.15, -0.1) is 11.3 Å². The van der Waals surface area contributed by atoms with Crippen molar-refractivity contribution in [3.05, 3.63) is 44.6 Å². The molecule has 0 spiro atoms. The topological polar surface area (TPSA) is 75.6 Å². The van der Waals surface area contributed by atoms with Crippen LogP contribution >= 0.6 is 22.9 Å². The second-order valence-corrected chi connectivity index (χ2v) is 7.07. The Bertz CT molecular complexity index is 907. The number of fused-ring (bicyclic) bond motifs is 2. The SMILES string of the molecule is CC(O)(C(=O)Nc1cc2c(cc1Cl)C(=O)c1sccc1CO2)C(F)(F)F. The van der Waals surface area contributed by atoms with Crippen LogP contribution in [0.15, 0.2) is 23.6 Å². The summed E-state index contributed by atoms with van der Waals surface area (Å²) in [6.07, 6.45) is -5.17. The van der Waals surface area contributed by atoms with E-state index in [0.29, 0.717) is 17.4 Å². The van der Waals surface area contributed by atoms with Crippen LogP contribution in [-0.2, 0) is 11.4 Å². The van der Waals surface area contributed by atoms with Crippen molar-refractivity contribution in [2.75, 3.05) is 5.32 Å². The Morgan fingerprint density at radius 1 is 1.38 bits per heavy atom. The van der Waals surface area contributed by atoms with Crippen LogP contribution in [0.3, 0.4) is 0 Å². The molecule has 0 saturated heterocycles. The van der Waals surface area contributed by atoms with Gasteiger partial charge in [-0.25, -0.2) is 0 Å². The Kier molecular flexibility index (Phi) is 4.50. The van der Waals surface area contributed by atoms with E-state index in [1.807, 2.05) is 5.32 Å². The van der Waals surface area contributed by atoms with Crippen molar-refractivity contribution in [2.45, 2.75) is 25.3 Å². The predicted octanol–water partition coefficient (Wildman–Crippen LogP) is 3.78. The number of anilines is 1. The van der Waals surface area contributed by atoms with Crippen LogP contribution in [0.25, 0.3) is 0 Å². The number of amides is 1. The van der Waals surface area contributed by atoms with Crippen molar-refractivity contribution in [3.8, 4) is 5.75 Å². The maximum Gasteiger partial charge on any atom is 0.426 e. The maximum atomic E-state index is 12.8. The van der Waals surface area contributed by atoms with E-state index < -0.39 is 17.7 Å². The van der Waals surface area contributed by atoms with E-state index in [4.69, 9.17) is 16.3 Å². The number of hydrogen-bond donors (Lipinski definition) is 2. The molecule has 10 heteroatoms. The number of halogens is 4. The molecule has 1 aromatic carbocycles. The summed E-state index contributed by atoms with van der Waals surface area (Å²) in [5.41, 5.74) is -3.00. The third-order valence-corrected chi connectivity index (χ3v) is 5.16. The van der Waals surface area contributed by atoms with Crippen LogP contribution in [0.1, 0.15) is 27.7 Å². The highest BCUT2D eigenvalue weighted by molar-refractivity contribution is 7.12. The Labute approximate surface area is 154 Å². The summed E-state index contributed by atoms with van der Waals surface area (Å²) in [7, 11) is 0. The molecule has 3 rings (SSSR count). The number of ketones is 1. The quantitative estimate of drug-likeness (QED) is 0.797. The molecule has 1 aliphatic heterocycles. The van der Waals surface area contributed by atoms with E-state index >= 15 is 0 Å². The van der Waals surface area contributed by atoms with Gasteiger partial charge in [-0.2, -0.15) is 13.2 Å². The highest BCUT2D eigenvalue weighted by Crippen LogP contribution is 2.38. The summed E-state index contributed by atoms with van der Waals surface area (Å²) in [4.78, 5) is 24.9. The Balaban J connectivity index is 1.95. The molecule has 1 amide bonds. The molecular formula is C16H11ClF3NO4S. The van der Waals surface area contributed by atoms with E-state index in [2.05, 4.69) is 0 Å². The Hall–Kier alpha value is -2.10. The third kappa shape index (κ3) is 3.06. The van der Waals surface area contributed by atoms with Gasteiger partial charge in [0.1, 0.15) is 12.4 Å². The number of thiophene rings is 1. The van der Waals surface area contributed by atoms with E-state index in [-0.39, 0.29) is 34.4 Å². The number of aliphatic hydroxyl groups is 1. The fourth-order valence-corrected chi connectivity index (χ4v) is 3.32. The molecule has 1 aromatic heterocycles. The summed E-state index contributed by atoms with van der Waals surface area (Å²) in [5, 5.41) is 12.9. The molecule has 1 aliphatic rings. The molecule has 0 bridgehead atoms. The van der Waals surface area contributed by atoms with Crippen molar-refractivity contribution >= 4 is 40.3 Å². The monoisotopic (exact) mass is 405 g/mol. The van der Waals surface area contributed by atoms with E-state index in [1.54, 1.807) is 11.4 Å². The maximum absolute atomic E-state index is 12.8. The van der Waals surface area contributed by atoms with Crippen LogP contribution < -0.4 is 10.1 Å². The van der Waals surface area contributed by atoms with Crippen LogP contribution in [0.5, 0.6) is 5.75 Å². The average Bonchev–Trinajstić information content (AvgIpc) is 2.97. The first-order chi connectivity index (χ1) is 12.0. The second-order valence-electron chi connectivity index (χ2n) is 5.75. The lowest BCUT2D eigenvalue weighted by Crippen LogP contribution is -2.52. The van der Waals surface area contributed by atoms with Crippen molar-refractivity contribution < 1.29 is 32.6 Å². The average molecular weight is 406 g/mol. The number of hydrogen-bond acceptors (Lipinski definition) is 5. The van der Waals surface area contributed by atoms with Crippen LogP contribution in [0.4, 0.5) is 18.9 Å². The number of ether oxygens (including phenoxy) is 1. The molecule has 2 heterocycles. The van der Waals surface area contributed by atoms with Gasteiger partial charge in [-0.05, 0) is 24.4 Å². The number of nitrogens with one attached hydrogen (secondary N) is 1. The molecule has 5 nitrogen and oxygen atoms in total. The molecule has 0 radical (unpaired) electrons. The smallest absolute Gasteiger partial charge is 0.426 e. The number of carbonyl (C=O) groups excluding carboxylic acids is 2. The fourth-order valence-electron chi connectivity index (χ4n) is 2.25. The molecule has 0 aliphatic carbocycles. The van der Waals surface area contributed by atoms with Gasteiger partial charge < -0.3 is 15.2 Å². The zero-order valence-corrected chi connectivity index (χ0v) is 14.7. The molecule has 0 saturated carbocycles. The van der Waals surface area contributed by atoms with Gasteiger partial charge in [0.05, 0.1) is 21.2 Å². The van der Waals surface area contributed by atoms with E-state index in [9.17, 15) is 27.9 Å². The zero-order valence-electron chi connectivity index (χ0n) is 13.1. The number of benzene rings is 1. The lowest BCUT2D eigenvalue weighted by atomic mass is 10.0. The molecule has 138 valence electrons. The molecule has 2 aromatic rings. The summed E-state index contributed by atoms with van der Waals surface area (Å²) >= 11 is 7.24. The van der Waals surface area contributed by atoms with Crippen LogP contribution in [0.2, 0.25) is 5.02 Å². The van der Waals surface area contributed by atoms with Crippen molar-refractivity contribution in [1.29, 1.82) is 0 Å². The fraction of sp³-hybridized carbons (Fsp3) is 0.250. The zero-order chi connectivity index (χ0) is 19.3. The number of alkyl halides is 3. The minimum absolute atomic E-state index is 0.0738. The van der Waals surface area contributed by atoms with Gasteiger partial charge in [0.15, 0.2) is 0 Å². The molecule has 1 unspecified atom stereocenters. The Morgan fingerprint density at radius 2 is 2.08 bits per heavy atom. The largest absolute Gasteiger partial charge is 0.488 e.